The summed E-state index contributed by atoms with van der Waals surface area (Å²) < 4.78 is 28.8. The molecule has 0 radical (unpaired) electrons. The summed E-state index contributed by atoms with van der Waals surface area (Å²) in [6, 6.07) is 4.34. The third-order valence-electron chi connectivity index (χ3n) is 2.60. The van der Waals surface area contributed by atoms with Crippen LogP contribution in [0, 0.1) is 5.82 Å². The maximum absolute atomic E-state index is 13.1. The SMILES string of the molecule is COCCOCCCOCc1ccc(F)cc1C(N)=S. The van der Waals surface area contributed by atoms with Crippen molar-refractivity contribution in [1.29, 1.82) is 0 Å². The van der Waals surface area contributed by atoms with Crippen LogP contribution in [0.4, 0.5) is 4.39 Å². The van der Waals surface area contributed by atoms with Gasteiger partial charge in [0.25, 0.3) is 0 Å². The quantitative estimate of drug-likeness (QED) is 0.529. The maximum Gasteiger partial charge on any atom is 0.123 e. The van der Waals surface area contributed by atoms with Gasteiger partial charge in [-0.05, 0) is 24.1 Å². The Labute approximate surface area is 124 Å². The Balaban J connectivity index is 2.27. The van der Waals surface area contributed by atoms with Gasteiger partial charge in [-0.2, -0.15) is 0 Å². The molecule has 1 aromatic rings. The van der Waals surface area contributed by atoms with Crippen LogP contribution in [0.3, 0.4) is 0 Å². The number of nitrogens with two attached hydrogens (primary N) is 1. The largest absolute Gasteiger partial charge is 0.389 e. The van der Waals surface area contributed by atoms with Crippen LogP contribution in [0.25, 0.3) is 0 Å². The second-order valence-corrected chi connectivity index (χ2v) is 4.62. The number of hydrogen-bond acceptors (Lipinski definition) is 4. The number of halogens is 1. The highest BCUT2D eigenvalue weighted by atomic mass is 32.1. The Morgan fingerprint density at radius 3 is 2.65 bits per heavy atom. The van der Waals surface area contributed by atoms with Crippen molar-refractivity contribution in [3.63, 3.8) is 0 Å². The Bertz CT molecular complexity index is 429. The molecule has 0 bridgehead atoms. The monoisotopic (exact) mass is 301 g/mol. The summed E-state index contributed by atoms with van der Waals surface area (Å²) in [6.07, 6.45) is 0.785. The van der Waals surface area contributed by atoms with Gasteiger partial charge in [0.2, 0.25) is 0 Å². The van der Waals surface area contributed by atoms with Crippen LogP contribution in [0.2, 0.25) is 0 Å². The highest BCUT2D eigenvalue weighted by molar-refractivity contribution is 7.80. The Kier molecular flexibility index (Phi) is 8.29. The second-order valence-electron chi connectivity index (χ2n) is 4.18. The first-order valence-electron chi connectivity index (χ1n) is 6.37. The van der Waals surface area contributed by atoms with Crippen LogP contribution < -0.4 is 5.73 Å². The summed E-state index contributed by atoms with van der Waals surface area (Å²) in [5.41, 5.74) is 6.87. The summed E-state index contributed by atoms with van der Waals surface area (Å²) in [6.45, 7) is 2.70. The minimum Gasteiger partial charge on any atom is -0.389 e. The van der Waals surface area contributed by atoms with E-state index in [1.54, 1.807) is 13.2 Å². The van der Waals surface area contributed by atoms with Crippen molar-refractivity contribution in [1.82, 2.24) is 0 Å². The predicted molar refractivity (Wildman–Crippen MR) is 79.3 cm³/mol. The van der Waals surface area contributed by atoms with E-state index in [0.717, 1.165) is 12.0 Å². The first-order chi connectivity index (χ1) is 9.65. The number of thiocarbonyl (C=S) groups is 1. The highest BCUT2D eigenvalue weighted by Gasteiger charge is 2.06. The first kappa shape index (κ1) is 17.0. The summed E-state index contributed by atoms with van der Waals surface area (Å²) in [7, 11) is 1.63. The molecular weight excluding hydrogens is 281 g/mol. The van der Waals surface area contributed by atoms with Gasteiger partial charge < -0.3 is 19.9 Å². The molecule has 1 aromatic carbocycles. The lowest BCUT2D eigenvalue weighted by Crippen LogP contribution is -2.13. The Morgan fingerprint density at radius 2 is 1.95 bits per heavy atom. The topological polar surface area (TPSA) is 53.7 Å². The predicted octanol–water partition coefficient (Wildman–Crippen LogP) is 2.03. The average Bonchev–Trinajstić information content (AvgIpc) is 2.43. The van der Waals surface area contributed by atoms with Gasteiger partial charge in [-0.25, -0.2) is 4.39 Å². The van der Waals surface area contributed by atoms with Gasteiger partial charge in [0.1, 0.15) is 10.8 Å². The molecule has 0 atom stereocenters. The third-order valence-corrected chi connectivity index (χ3v) is 2.82. The molecule has 4 nitrogen and oxygen atoms in total. The molecule has 0 fully saturated rings. The lowest BCUT2D eigenvalue weighted by Gasteiger charge is -2.09. The zero-order valence-corrected chi connectivity index (χ0v) is 12.4. The lowest BCUT2D eigenvalue weighted by atomic mass is 10.1. The molecule has 1 rings (SSSR count). The molecule has 0 spiro atoms. The van der Waals surface area contributed by atoms with E-state index < -0.39 is 0 Å². The fraction of sp³-hybridized carbons (Fsp3) is 0.500. The molecule has 0 heterocycles. The van der Waals surface area contributed by atoms with Crippen molar-refractivity contribution in [2.45, 2.75) is 13.0 Å². The fourth-order valence-electron chi connectivity index (χ4n) is 1.59. The van der Waals surface area contributed by atoms with Gasteiger partial charge >= 0.3 is 0 Å². The van der Waals surface area contributed by atoms with E-state index in [4.69, 9.17) is 32.2 Å². The highest BCUT2D eigenvalue weighted by Crippen LogP contribution is 2.12. The third kappa shape index (κ3) is 6.38. The molecule has 112 valence electrons. The standard InChI is InChI=1S/C14H20FNO3S/c1-17-7-8-18-5-2-6-19-10-11-3-4-12(15)9-13(11)14(16)20/h3-4,9H,2,5-8,10H2,1H3,(H2,16,20). The zero-order valence-electron chi connectivity index (χ0n) is 11.6. The molecule has 0 amide bonds. The smallest absolute Gasteiger partial charge is 0.123 e. The molecule has 0 aliphatic heterocycles. The van der Waals surface area contributed by atoms with Crippen molar-refractivity contribution in [2.75, 3.05) is 33.5 Å². The van der Waals surface area contributed by atoms with Crippen LogP contribution in [0.5, 0.6) is 0 Å². The number of ether oxygens (including phenoxy) is 3. The van der Waals surface area contributed by atoms with Crippen molar-refractivity contribution < 1.29 is 18.6 Å². The lowest BCUT2D eigenvalue weighted by molar-refractivity contribution is 0.0483. The molecule has 0 saturated heterocycles. The normalized spacial score (nSPS) is 10.7. The number of rotatable bonds is 10. The van der Waals surface area contributed by atoms with Crippen LogP contribution >= 0.6 is 12.2 Å². The van der Waals surface area contributed by atoms with Gasteiger partial charge in [-0.15, -0.1) is 0 Å². The van der Waals surface area contributed by atoms with Gasteiger partial charge in [-0.1, -0.05) is 18.3 Å². The zero-order chi connectivity index (χ0) is 14.8. The van der Waals surface area contributed by atoms with E-state index in [0.29, 0.717) is 38.6 Å². The van der Waals surface area contributed by atoms with Crippen LogP contribution in [-0.4, -0.2) is 38.5 Å². The summed E-state index contributed by atoms with van der Waals surface area (Å²) in [5, 5.41) is 0. The minimum absolute atomic E-state index is 0.172. The summed E-state index contributed by atoms with van der Waals surface area (Å²) in [5.74, 6) is -0.358. The minimum atomic E-state index is -0.358. The Morgan fingerprint density at radius 1 is 1.20 bits per heavy atom. The van der Waals surface area contributed by atoms with Crippen molar-refractivity contribution in [2.24, 2.45) is 5.73 Å². The van der Waals surface area contributed by atoms with E-state index in [1.807, 2.05) is 0 Å². The first-order valence-corrected chi connectivity index (χ1v) is 6.78. The van der Waals surface area contributed by atoms with Crippen LogP contribution in [0.15, 0.2) is 18.2 Å². The Hall–Kier alpha value is -1.08. The number of benzene rings is 1. The molecule has 2 N–H and O–H groups in total. The molecule has 6 heteroatoms. The van der Waals surface area contributed by atoms with E-state index in [1.165, 1.54) is 12.1 Å². The van der Waals surface area contributed by atoms with Crippen LogP contribution in [0.1, 0.15) is 17.5 Å². The van der Waals surface area contributed by atoms with Gasteiger partial charge in [-0.3, -0.25) is 0 Å². The van der Waals surface area contributed by atoms with Crippen molar-refractivity contribution in [3.8, 4) is 0 Å². The van der Waals surface area contributed by atoms with Crippen molar-refractivity contribution >= 4 is 17.2 Å². The van der Waals surface area contributed by atoms with Crippen LogP contribution in [-0.2, 0) is 20.8 Å². The molecule has 0 unspecified atom stereocenters. The maximum atomic E-state index is 13.1. The molecule has 0 aromatic heterocycles. The molecule has 0 saturated carbocycles. The van der Waals surface area contributed by atoms with E-state index in [9.17, 15) is 4.39 Å². The molecule has 20 heavy (non-hydrogen) atoms. The van der Waals surface area contributed by atoms with E-state index in [-0.39, 0.29) is 10.8 Å². The van der Waals surface area contributed by atoms with E-state index in [2.05, 4.69) is 0 Å². The van der Waals surface area contributed by atoms with Gasteiger partial charge in [0, 0.05) is 25.9 Å². The average molecular weight is 301 g/mol. The number of methoxy groups -OCH3 is 1. The van der Waals surface area contributed by atoms with Gasteiger partial charge in [0.15, 0.2) is 0 Å². The number of hydrogen-bond donors (Lipinski definition) is 1. The van der Waals surface area contributed by atoms with Gasteiger partial charge in [0.05, 0.1) is 19.8 Å². The molecule has 0 aliphatic rings. The molecule has 0 aliphatic carbocycles. The fourth-order valence-corrected chi connectivity index (χ4v) is 1.78. The van der Waals surface area contributed by atoms with E-state index >= 15 is 0 Å². The molecular formula is C14H20FNO3S. The van der Waals surface area contributed by atoms with Crippen molar-refractivity contribution in [3.05, 3.63) is 35.1 Å². The summed E-state index contributed by atoms with van der Waals surface area (Å²) >= 11 is 4.89. The second kappa shape index (κ2) is 9.77. The summed E-state index contributed by atoms with van der Waals surface area (Å²) in [4.78, 5) is 0.172.